The van der Waals surface area contributed by atoms with Crippen molar-refractivity contribution in [2.75, 3.05) is 13.8 Å². The highest BCUT2D eigenvalue weighted by atomic mass is 35.5. The molecule has 0 radical (unpaired) electrons. The first kappa shape index (κ1) is 19.7. The third-order valence-corrected chi connectivity index (χ3v) is 5.67. The van der Waals surface area contributed by atoms with Crippen LogP contribution in [0.15, 0.2) is 66.4 Å². The highest BCUT2D eigenvalue weighted by Crippen LogP contribution is 2.42. The molecule has 0 saturated carbocycles. The molecule has 0 fully saturated rings. The minimum atomic E-state index is -0.125. The molecular weight excluding hydrogens is 414 g/mol. The van der Waals surface area contributed by atoms with E-state index in [0.29, 0.717) is 41.9 Å². The minimum absolute atomic E-state index is 0.125. The Labute approximate surface area is 185 Å². The third-order valence-electron chi connectivity index (χ3n) is 5.42. The van der Waals surface area contributed by atoms with Gasteiger partial charge in [0, 0.05) is 18.1 Å². The number of nitrogens with zero attached hydrogens (tertiary/aromatic N) is 1. The van der Waals surface area contributed by atoms with Crippen LogP contribution in [0.4, 0.5) is 0 Å². The van der Waals surface area contributed by atoms with Crippen LogP contribution in [0.25, 0.3) is 6.08 Å². The molecule has 0 amide bonds. The monoisotopic (exact) mass is 433 g/mol. The van der Waals surface area contributed by atoms with Gasteiger partial charge in [0.1, 0.15) is 24.0 Å². The molecule has 0 N–H and O–H groups in total. The van der Waals surface area contributed by atoms with Crippen LogP contribution in [-0.2, 0) is 13.1 Å². The van der Waals surface area contributed by atoms with Gasteiger partial charge in [0.15, 0.2) is 5.76 Å². The van der Waals surface area contributed by atoms with Crippen molar-refractivity contribution >= 4 is 23.5 Å². The number of carbonyl (C=O) groups excluding carboxylic acids is 1. The average Bonchev–Trinajstić information content (AvgIpc) is 3.11. The molecule has 3 aromatic carbocycles. The number of rotatable bonds is 4. The summed E-state index contributed by atoms with van der Waals surface area (Å²) in [5.41, 5.74) is 3.46. The summed E-state index contributed by atoms with van der Waals surface area (Å²) in [6, 6.07) is 18.9. The second-order valence-corrected chi connectivity index (χ2v) is 7.96. The maximum atomic E-state index is 12.9. The number of ketones is 1. The lowest BCUT2D eigenvalue weighted by Crippen LogP contribution is -2.31. The van der Waals surface area contributed by atoms with Crippen molar-refractivity contribution in [3.8, 4) is 17.2 Å². The summed E-state index contributed by atoms with van der Waals surface area (Å²) in [6.07, 6.45) is 1.74. The van der Waals surface area contributed by atoms with Crippen molar-refractivity contribution in [1.29, 1.82) is 0 Å². The first-order valence-corrected chi connectivity index (χ1v) is 10.3. The number of benzene rings is 3. The molecule has 2 aliphatic heterocycles. The van der Waals surface area contributed by atoms with Gasteiger partial charge in [0.25, 0.3) is 0 Å². The molecule has 0 aliphatic carbocycles. The highest BCUT2D eigenvalue weighted by molar-refractivity contribution is 6.30. The number of fused-ring (bicyclic) bond motifs is 3. The van der Waals surface area contributed by atoms with E-state index in [1.54, 1.807) is 31.4 Å². The van der Waals surface area contributed by atoms with E-state index in [-0.39, 0.29) is 5.78 Å². The van der Waals surface area contributed by atoms with Crippen molar-refractivity contribution in [2.24, 2.45) is 0 Å². The minimum Gasteiger partial charge on any atom is -0.497 e. The van der Waals surface area contributed by atoms with Gasteiger partial charge in [-0.25, -0.2) is 0 Å². The maximum absolute atomic E-state index is 12.9. The van der Waals surface area contributed by atoms with Crippen LogP contribution in [-0.4, -0.2) is 24.5 Å². The van der Waals surface area contributed by atoms with Gasteiger partial charge in [0.05, 0.1) is 18.2 Å². The van der Waals surface area contributed by atoms with Gasteiger partial charge in [-0.2, -0.15) is 0 Å². The van der Waals surface area contributed by atoms with Crippen LogP contribution in [0.2, 0.25) is 5.02 Å². The van der Waals surface area contributed by atoms with E-state index in [2.05, 4.69) is 4.90 Å². The topological polar surface area (TPSA) is 48.0 Å². The van der Waals surface area contributed by atoms with E-state index in [0.717, 1.165) is 28.2 Å². The maximum Gasteiger partial charge on any atom is 0.231 e. The lowest BCUT2D eigenvalue weighted by atomic mass is 10.0. The Kier molecular flexibility index (Phi) is 5.14. The number of halogens is 1. The summed E-state index contributed by atoms with van der Waals surface area (Å²) < 4.78 is 17.2. The second kappa shape index (κ2) is 8.10. The van der Waals surface area contributed by atoms with Crippen molar-refractivity contribution < 1.29 is 19.0 Å². The Bertz CT molecular complexity index is 1170. The number of allylic oxidation sites excluding steroid dienone is 1. The van der Waals surface area contributed by atoms with Gasteiger partial charge in [-0.15, -0.1) is 0 Å². The lowest BCUT2D eigenvalue weighted by Gasteiger charge is -2.29. The molecule has 0 bridgehead atoms. The molecular formula is C25H20ClNO4. The molecule has 0 unspecified atom stereocenters. The number of ether oxygens (including phenoxy) is 3. The standard InChI is InChI=1S/C25H20ClNO4/c1-29-19-8-4-17(5-9-19)13-27-14-21-22(30-15-27)11-10-20-24(28)23(31-25(20)21)12-16-2-6-18(26)7-3-16/h2-12H,13-15H2,1H3/b23-12-. The number of carbonyl (C=O) groups is 1. The van der Waals surface area contributed by atoms with Gasteiger partial charge in [-0.1, -0.05) is 35.9 Å². The number of methoxy groups -OCH3 is 1. The summed E-state index contributed by atoms with van der Waals surface area (Å²) in [5, 5.41) is 0.646. The molecule has 3 aromatic rings. The molecule has 0 spiro atoms. The van der Waals surface area contributed by atoms with Gasteiger partial charge in [-0.05, 0) is 53.6 Å². The van der Waals surface area contributed by atoms with Crippen molar-refractivity contribution in [1.82, 2.24) is 4.90 Å². The van der Waals surface area contributed by atoms with E-state index in [4.69, 9.17) is 25.8 Å². The van der Waals surface area contributed by atoms with Crippen molar-refractivity contribution in [3.05, 3.63) is 93.7 Å². The summed E-state index contributed by atoms with van der Waals surface area (Å²) in [4.78, 5) is 15.1. The Morgan fingerprint density at radius 3 is 2.58 bits per heavy atom. The van der Waals surface area contributed by atoms with E-state index >= 15 is 0 Å². The second-order valence-electron chi connectivity index (χ2n) is 7.52. The number of hydrogen-bond acceptors (Lipinski definition) is 5. The van der Waals surface area contributed by atoms with E-state index < -0.39 is 0 Å². The molecule has 0 saturated heterocycles. The summed E-state index contributed by atoms with van der Waals surface area (Å²) >= 11 is 5.95. The normalized spacial score (nSPS) is 16.5. The van der Waals surface area contributed by atoms with Crippen molar-refractivity contribution in [2.45, 2.75) is 13.1 Å². The van der Waals surface area contributed by atoms with Crippen LogP contribution in [0, 0.1) is 0 Å². The molecule has 5 rings (SSSR count). The first-order valence-electron chi connectivity index (χ1n) is 9.94. The largest absolute Gasteiger partial charge is 0.497 e. The molecule has 2 aliphatic rings. The molecule has 5 nitrogen and oxygen atoms in total. The lowest BCUT2D eigenvalue weighted by molar-refractivity contribution is 0.0872. The van der Waals surface area contributed by atoms with E-state index in [1.807, 2.05) is 42.5 Å². The zero-order valence-corrected chi connectivity index (χ0v) is 17.7. The van der Waals surface area contributed by atoms with Gasteiger partial charge in [0.2, 0.25) is 5.78 Å². The Balaban J connectivity index is 1.39. The fraction of sp³-hybridized carbons (Fsp3) is 0.160. The molecule has 2 heterocycles. The smallest absolute Gasteiger partial charge is 0.231 e. The van der Waals surface area contributed by atoms with Crippen LogP contribution < -0.4 is 14.2 Å². The van der Waals surface area contributed by atoms with Gasteiger partial charge >= 0.3 is 0 Å². The molecule has 0 atom stereocenters. The average molecular weight is 434 g/mol. The van der Waals surface area contributed by atoms with Crippen LogP contribution in [0.5, 0.6) is 17.2 Å². The SMILES string of the molecule is COc1ccc(CN2COc3ccc4c(c3C2)O/C(=C\c2ccc(Cl)cc2)C4=O)cc1. The molecule has 6 heteroatoms. The van der Waals surface area contributed by atoms with E-state index in [1.165, 1.54) is 0 Å². The zero-order chi connectivity index (χ0) is 21.4. The third kappa shape index (κ3) is 3.90. The molecule has 31 heavy (non-hydrogen) atoms. The summed E-state index contributed by atoms with van der Waals surface area (Å²) in [5.74, 6) is 2.35. The van der Waals surface area contributed by atoms with Crippen LogP contribution >= 0.6 is 11.6 Å². The first-order chi connectivity index (χ1) is 15.1. The number of hydrogen-bond donors (Lipinski definition) is 0. The van der Waals surface area contributed by atoms with Gasteiger partial charge in [-0.3, -0.25) is 9.69 Å². The Hall–Kier alpha value is -3.28. The fourth-order valence-corrected chi connectivity index (χ4v) is 3.93. The van der Waals surface area contributed by atoms with Crippen molar-refractivity contribution in [3.63, 3.8) is 0 Å². The van der Waals surface area contributed by atoms with E-state index in [9.17, 15) is 4.79 Å². The summed E-state index contributed by atoms with van der Waals surface area (Å²) in [7, 11) is 1.65. The predicted octanol–water partition coefficient (Wildman–Crippen LogP) is 5.32. The van der Waals surface area contributed by atoms with Crippen LogP contribution in [0.1, 0.15) is 27.0 Å². The number of Topliss-reactive ketones (excluding diaryl/α,β-unsaturated/α-hetero) is 1. The fourth-order valence-electron chi connectivity index (χ4n) is 3.81. The highest BCUT2D eigenvalue weighted by Gasteiger charge is 2.33. The van der Waals surface area contributed by atoms with Crippen LogP contribution in [0.3, 0.4) is 0 Å². The quantitative estimate of drug-likeness (QED) is 0.521. The Morgan fingerprint density at radius 2 is 1.84 bits per heavy atom. The Morgan fingerprint density at radius 1 is 1.06 bits per heavy atom. The summed E-state index contributed by atoms with van der Waals surface area (Å²) in [6.45, 7) is 1.82. The molecule has 156 valence electrons. The predicted molar refractivity (Wildman–Crippen MR) is 119 cm³/mol. The zero-order valence-electron chi connectivity index (χ0n) is 16.9. The van der Waals surface area contributed by atoms with Gasteiger partial charge < -0.3 is 14.2 Å². The molecule has 0 aromatic heterocycles.